The van der Waals surface area contributed by atoms with Crippen LogP contribution in [-0.4, -0.2) is 78.5 Å². The lowest BCUT2D eigenvalue weighted by Crippen LogP contribution is -2.52. The van der Waals surface area contributed by atoms with Gasteiger partial charge in [0.05, 0.1) is 17.4 Å². The predicted molar refractivity (Wildman–Crippen MR) is 111 cm³/mol. The van der Waals surface area contributed by atoms with E-state index in [4.69, 9.17) is 0 Å². The van der Waals surface area contributed by atoms with E-state index in [0.29, 0.717) is 55.8 Å². The Morgan fingerprint density at radius 1 is 1.07 bits per heavy atom. The fourth-order valence-corrected chi connectivity index (χ4v) is 6.72. The topological polar surface area (TPSA) is 108 Å². The molecule has 2 fully saturated rings. The van der Waals surface area contributed by atoms with Gasteiger partial charge in [0.15, 0.2) is 15.6 Å². The second-order valence-electron chi connectivity index (χ2n) is 9.64. The van der Waals surface area contributed by atoms with Crippen molar-refractivity contribution in [2.24, 2.45) is 11.3 Å². The van der Waals surface area contributed by atoms with Crippen LogP contribution in [0.4, 0.5) is 0 Å². The minimum atomic E-state index is -3.10. The maximum absolute atomic E-state index is 13.1. The van der Waals surface area contributed by atoms with Gasteiger partial charge in [0.25, 0.3) is 5.91 Å². The summed E-state index contributed by atoms with van der Waals surface area (Å²) in [5.74, 6) is -0.637. The van der Waals surface area contributed by atoms with E-state index in [0.717, 1.165) is 12.1 Å². The van der Waals surface area contributed by atoms with E-state index in [2.05, 4.69) is 18.8 Å². The molecule has 2 saturated heterocycles. The number of nitrogens with zero attached hydrogens (tertiary/aromatic N) is 2. The standard InChI is InChI=1S/C21H29N3O5S/c1-13-17-15(10-21(2,3)11-16(17)25)22-18(13)20(27)24-7-5-23(6-8-24)19(26)14-4-9-30(28,29)12-14/h14,22H,4-12H2,1-3H3. The average Bonchev–Trinajstić information content (AvgIpc) is 3.19. The summed E-state index contributed by atoms with van der Waals surface area (Å²) in [5.41, 5.74) is 2.56. The van der Waals surface area contributed by atoms with Gasteiger partial charge in [-0.25, -0.2) is 8.42 Å². The number of Topliss-reactive ketones (excluding diaryl/α,β-unsaturated/α-hetero) is 1. The Hall–Kier alpha value is -2.16. The number of ketones is 1. The van der Waals surface area contributed by atoms with Gasteiger partial charge in [-0.05, 0) is 30.7 Å². The van der Waals surface area contributed by atoms with Gasteiger partial charge in [-0.15, -0.1) is 0 Å². The van der Waals surface area contributed by atoms with Crippen molar-refractivity contribution in [3.05, 3.63) is 22.5 Å². The molecule has 0 saturated carbocycles. The number of carbonyl (C=O) groups is 3. The van der Waals surface area contributed by atoms with Crippen LogP contribution >= 0.6 is 0 Å². The average molecular weight is 436 g/mol. The maximum atomic E-state index is 13.1. The fraction of sp³-hybridized carbons (Fsp3) is 0.667. The number of piperazine rings is 1. The number of H-pyrrole nitrogens is 1. The van der Waals surface area contributed by atoms with E-state index in [-0.39, 0.29) is 34.5 Å². The lowest BCUT2D eigenvalue weighted by Gasteiger charge is -2.35. The minimum absolute atomic E-state index is 0.0669. The van der Waals surface area contributed by atoms with Gasteiger partial charge in [-0.2, -0.15) is 0 Å². The molecule has 1 N–H and O–H groups in total. The smallest absolute Gasteiger partial charge is 0.270 e. The highest BCUT2D eigenvalue weighted by atomic mass is 32.2. The van der Waals surface area contributed by atoms with E-state index in [1.54, 1.807) is 9.80 Å². The largest absolute Gasteiger partial charge is 0.354 e. The molecule has 0 bridgehead atoms. The Balaban J connectivity index is 1.43. The molecular weight excluding hydrogens is 406 g/mol. The van der Waals surface area contributed by atoms with Crippen molar-refractivity contribution in [1.29, 1.82) is 0 Å². The first-order valence-electron chi connectivity index (χ1n) is 10.5. The molecule has 8 nitrogen and oxygen atoms in total. The molecule has 164 valence electrons. The summed E-state index contributed by atoms with van der Waals surface area (Å²) in [5, 5.41) is 0. The van der Waals surface area contributed by atoms with Crippen molar-refractivity contribution in [3.8, 4) is 0 Å². The summed E-state index contributed by atoms with van der Waals surface area (Å²) in [7, 11) is -3.10. The number of carbonyl (C=O) groups excluding carboxylic acids is 3. The molecular formula is C21H29N3O5S. The maximum Gasteiger partial charge on any atom is 0.270 e. The van der Waals surface area contributed by atoms with Gasteiger partial charge in [-0.1, -0.05) is 13.8 Å². The third-order valence-corrected chi connectivity index (χ3v) is 8.34. The Morgan fingerprint density at radius 3 is 2.30 bits per heavy atom. The number of hydrogen-bond donors (Lipinski definition) is 1. The first-order chi connectivity index (χ1) is 14.0. The number of sulfone groups is 1. The Bertz CT molecular complexity index is 1020. The number of nitrogens with one attached hydrogen (secondary N) is 1. The molecule has 0 radical (unpaired) electrons. The zero-order valence-corrected chi connectivity index (χ0v) is 18.6. The summed E-state index contributed by atoms with van der Waals surface area (Å²) >= 11 is 0. The fourth-order valence-electron chi connectivity index (χ4n) is 4.98. The van der Waals surface area contributed by atoms with E-state index in [9.17, 15) is 22.8 Å². The number of aromatic amines is 1. The molecule has 2 aliphatic heterocycles. The Kier molecular flexibility index (Phi) is 5.07. The van der Waals surface area contributed by atoms with Crippen molar-refractivity contribution < 1.29 is 22.8 Å². The van der Waals surface area contributed by atoms with Crippen LogP contribution in [0.25, 0.3) is 0 Å². The second-order valence-corrected chi connectivity index (χ2v) is 11.9. The van der Waals surface area contributed by atoms with Crippen molar-refractivity contribution in [2.75, 3.05) is 37.7 Å². The highest BCUT2D eigenvalue weighted by Crippen LogP contribution is 2.37. The molecule has 1 unspecified atom stereocenters. The van der Waals surface area contributed by atoms with Crippen molar-refractivity contribution in [3.63, 3.8) is 0 Å². The zero-order chi connectivity index (χ0) is 21.8. The number of hydrogen-bond acceptors (Lipinski definition) is 5. The van der Waals surface area contributed by atoms with E-state index in [1.807, 2.05) is 6.92 Å². The molecule has 1 atom stereocenters. The van der Waals surface area contributed by atoms with Gasteiger partial charge in [0.1, 0.15) is 5.69 Å². The third kappa shape index (κ3) is 3.79. The first-order valence-corrected chi connectivity index (χ1v) is 12.3. The Labute approximate surface area is 176 Å². The van der Waals surface area contributed by atoms with Crippen LogP contribution in [0.5, 0.6) is 0 Å². The van der Waals surface area contributed by atoms with E-state index >= 15 is 0 Å². The van der Waals surface area contributed by atoms with Crippen LogP contribution in [0.3, 0.4) is 0 Å². The molecule has 1 aromatic rings. The third-order valence-electron chi connectivity index (χ3n) is 6.58. The van der Waals surface area contributed by atoms with Crippen LogP contribution in [0.15, 0.2) is 0 Å². The minimum Gasteiger partial charge on any atom is -0.354 e. The number of amides is 2. The van der Waals surface area contributed by atoms with E-state index in [1.165, 1.54) is 0 Å². The van der Waals surface area contributed by atoms with E-state index < -0.39 is 15.8 Å². The molecule has 3 heterocycles. The molecule has 1 aromatic heterocycles. The van der Waals surface area contributed by atoms with Gasteiger partial charge >= 0.3 is 0 Å². The van der Waals surface area contributed by atoms with Crippen molar-refractivity contribution in [1.82, 2.24) is 14.8 Å². The molecule has 0 spiro atoms. The van der Waals surface area contributed by atoms with Gasteiger partial charge in [-0.3, -0.25) is 14.4 Å². The van der Waals surface area contributed by atoms with Crippen LogP contribution in [0.2, 0.25) is 0 Å². The summed E-state index contributed by atoms with van der Waals surface area (Å²) in [6.07, 6.45) is 1.59. The monoisotopic (exact) mass is 435 g/mol. The predicted octanol–water partition coefficient (Wildman–Crippen LogP) is 1.20. The zero-order valence-electron chi connectivity index (χ0n) is 17.8. The number of rotatable bonds is 2. The quantitative estimate of drug-likeness (QED) is 0.751. The van der Waals surface area contributed by atoms with Gasteiger partial charge in [0, 0.05) is 43.9 Å². The summed E-state index contributed by atoms with van der Waals surface area (Å²) in [4.78, 5) is 44.9. The molecule has 1 aliphatic carbocycles. The van der Waals surface area contributed by atoms with Gasteiger partial charge < -0.3 is 14.8 Å². The van der Waals surface area contributed by atoms with Crippen LogP contribution in [0.1, 0.15) is 58.8 Å². The van der Waals surface area contributed by atoms with Crippen molar-refractivity contribution >= 4 is 27.4 Å². The Morgan fingerprint density at radius 2 is 1.70 bits per heavy atom. The highest BCUT2D eigenvalue weighted by molar-refractivity contribution is 7.91. The molecule has 4 rings (SSSR count). The summed E-state index contributed by atoms with van der Waals surface area (Å²) in [6, 6.07) is 0. The molecule has 9 heteroatoms. The lowest BCUT2D eigenvalue weighted by molar-refractivity contribution is -0.136. The molecule has 30 heavy (non-hydrogen) atoms. The van der Waals surface area contributed by atoms with Gasteiger partial charge in [0.2, 0.25) is 5.91 Å². The van der Waals surface area contributed by atoms with Crippen LogP contribution in [-0.2, 0) is 21.1 Å². The normalized spacial score (nSPS) is 25.3. The SMILES string of the molecule is Cc1c(C(=O)N2CCN(C(=O)C3CCS(=O)(=O)C3)CC2)[nH]c2c1C(=O)CC(C)(C)C2. The van der Waals surface area contributed by atoms with Crippen LogP contribution < -0.4 is 0 Å². The molecule has 0 aromatic carbocycles. The number of aromatic nitrogens is 1. The second kappa shape index (κ2) is 7.21. The number of fused-ring (bicyclic) bond motifs is 1. The highest BCUT2D eigenvalue weighted by Gasteiger charge is 2.38. The summed E-state index contributed by atoms with van der Waals surface area (Å²) < 4.78 is 23.3. The van der Waals surface area contributed by atoms with Crippen molar-refractivity contribution in [2.45, 2.75) is 40.0 Å². The molecule has 2 amide bonds. The lowest BCUT2D eigenvalue weighted by atomic mass is 9.75. The first kappa shape index (κ1) is 21.1. The summed E-state index contributed by atoms with van der Waals surface area (Å²) in [6.45, 7) is 7.51. The van der Waals surface area contributed by atoms with Crippen LogP contribution in [0, 0.1) is 18.3 Å². The molecule has 3 aliphatic rings.